The highest BCUT2D eigenvalue weighted by atomic mass is 16.2. The van der Waals surface area contributed by atoms with Crippen molar-refractivity contribution in [3.8, 4) is 0 Å². The zero-order valence-electron chi connectivity index (χ0n) is 12.1. The molecule has 1 heterocycles. The fourth-order valence-electron chi connectivity index (χ4n) is 1.78. The van der Waals surface area contributed by atoms with Crippen molar-refractivity contribution in [1.29, 1.82) is 0 Å². The zero-order valence-corrected chi connectivity index (χ0v) is 12.1. The number of aryl methyl sites for hydroxylation is 2. The minimum absolute atomic E-state index is 0.0560. The van der Waals surface area contributed by atoms with Gasteiger partial charge in [0.05, 0.1) is 25.1 Å². The van der Waals surface area contributed by atoms with Crippen LogP contribution in [-0.4, -0.2) is 27.9 Å². The summed E-state index contributed by atoms with van der Waals surface area (Å²) in [5.74, 6) is -0.510. The van der Waals surface area contributed by atoms with Crippen molar-refractivity contribution >= 4 is 11.8 Å². The molecule has 2 amide bonds. The minimum atomic E-state index is -0.261. The molecular formula is C15H18N4O2. The van der Waals surface area contributed by atoms with Crippen LogP contribution in [0.3, 0.4) is 0 Å². The summed E-state index contributed by atoms with van der Waals surface area (Å²) in [5, 5.41) is 5.28. The lowest BCUT2D eigenvalue weighted by Gasteiger charge is -2.06. The second-order valence-corrected chi connectivity index (χ2v) is 4.86. The average molecular weight is 286 g/mol. The van der Waals surface area contributed by atoms with Gasteiger partial charge < -0.3 is 15.2 Å². The van der Waals surface area contributed by atoms with Crippen LogP contribution in [0.1, 0.15) is 21.6 Å². The van der Waals surface area contributed by atoms with Crippen LogP contribution in [0.25, 0.3) is 0 Å². The Balaban J connectivity index is 1.75. The molecule has 1 aromatic carbocycles. The maximum atomic E-state index is 11.8. The molecule has 2 N–H and O–H groups in total. The number of hydrogen-bond acceptors (Lipinski definition) is 3. The first-order chi connectivity index (χ1) is 10.0. The van der Waals surface area contributed by atoms with Crippen LogP contribution in [-0.2, 0) is 18.4 Å². The molecule has 6 heteroatoms. The number of amides is 2. The fourth-order valence-corrected chi connectivity index (χ4v) is 1.78. The van der Waals surface area contributed by atoms with Crippen molar-refractivity contribution in [2.24, 2.45) is 7.05 Å². The SMILES string of the molecule is Cc1ccc(C(=O)NCC(=O)NCc2cn(C)cn2)cc1. The van der Waals surface area contributed by atoms with Crippen molar-refractivity contribution < 1.29 is 9.59 Å². The van der Waals surface area contributed by atoms with Crippen molar-refractivity contribution in [2.45, 2.75) is 13.5 Å². The molecule has 0 atom stereocenters. The Hall–Kier alpha value is -2.63. The molecule has 0 fully saturated rings. The van der Waals surface area contributed by atoms with Gasteiger partial charge in [0.1, 0.15) is 0 Å². The van der Waals surface area contributed by atoms with Gasteiger partial charge in [-0.25, -0.2) is 4.98 Å². The molecular weight excluding hydrogens is 268 g/mol. The van der Waals surface area contributed by atoms with E-state index in [1.807, 2.05) is 32.3 Å². The lowest BCUT2D eigenvalue weighted by atomic mass is 10.1. The third-order valence-corrected chi connectivity index (χ3v) is 2.95. The summed E-state index contributed by atoms with van der Waals surface area (Å²) < 4.78 is 1.81. The molecule has 0 saturated heterocycles. The van der Waals surface area contributed by atoms with Gasteiger partial charge in [0.15, 0.2) is 0 Å². The number of benzene rings is 1. The van der Waals surface area contributed by atoms with E-state index in [0.717, 1.165) is 11.3 Å². The van der Waals surface area contributed by atoms with E-state index in [4.69, 9.17) is 0 Å². The van der Waals surface area contributed by atoms with Gasteiger partial charge in [0.25, 0.3) is 5.91 Å². The monoisotopic (exact) mass is 286 g/mol. The van der Waals surface area contributed by atoms with Crippen LogP contribution in [0.2, 0.25) is 0 Å². The number of hydrogen-bond donors (Lipinski definition) is 2. The first kappa shape index (κ1) is 14.8. The van der Waals surface area contributed by atoms with Gasteiger partial charge in [0.2, 0.25) is 5.91 Å². The molecule has 0 spiro atoms. The van der Waals surface area contributed by atoms with E-state index in [2.05, 4.69) is 15.6 Å². The van der Waals surface area contributed by atoms with Crippen LogP contribution >= 0.6 is 0 Å². The highest BCUT2D eigenvalue weighted by Crippen LogP contribution is 2.02. The molecule has 1 aromatic heterocycles. The van der Waals surface area contributed by atoms with Crippen molar-refractivity contribution in [1.82, 2.24) is 20.2 Å². The summed E-state index contributed by atoms with van der Waals surface area (Å²) in [6.45, 7) is 2.24. The molecule has 0 saturated carbocycles. The maximum absolute atomic E-state index is 11.8. The van der Waals surface area contributed by atoms with E-state index in [-0.39, 0.29) is 18.4 Å². The molecule has 0 radical (unpaired) electrons. The summed E-state index contributed by atoms with van der Waals surface area (Å²) in [5.41, 5.74) is 2.40. The second kappa shape index (κ2) is 6.69. The van der Waals surface area contributed by atoms with Gasteiger partial charge in [-0.05, 0) is 19.1 Å². The second-order valence-electron chi connectivity index (χ2n) is 4.86. The zero-order chi connectivity index (χ0) is 15.2. The fraction of sp³-hybridized carbons (Fsp3) is 0.267. The largest absolute Gasteiger partial charge is 0.349 e. The van der Waals surface area contributed by atoms with Crippen molar-refractivity contribution in [3.63, 3.8) is 0 Å². The van der Waals surface area contributed by atoms with Gasteiger partial charge in [-0.1, -0.05) is 17.7 Å². The van der Waals surface area contributed by atoms with Gasteiger partial charge >= 0.3 is 0 Å². The number of aromatic nitrogens is 2. The predicted octanol–water partition coefficient (Wildman–Crippen LogP) is 0.775. The van der Waals surface area contributed by atoms with Crippen LogP contribution < -0.4 is 10.6 Å². The topological polar surface area (TPSA) is 76.0 Å². The molecule has 0 unspecified atom stereocenters. The van der Waals surface area contributed by atoms with Gasteiger partial charge in [-0.2, -0.15) is 0 Å². The van der Waals surface area contributed by atoms with E-state index in [1.54, 1.807) is 23.0 Å². The Kier molecular flexibility index (Phi) is 4.71. The van der Waals surface area contributed by atoms with Gasteiger partial charge in [-0.15, -0.1) is 0 Å². The standard InChI is InChI=1S/C15H18N4O2/c1-11-3-5-12(6-4-11)15(21)17-8-14(20)16-7-13-9-19(2)10-18-13/h3-6,9-10H,7-8H2,1-2H3,(H,16,20)(H,17,21). The van der Waals surface area contributed by atoms with Crippen LogP contribution in [0.5, 0.6) is 0 Å². The number of imidazole rings is 1. The molecule has 2 rings (SSSR count). The molecule has 110 valence electrons. The highest BCUT2D eigenvalue weighted by molar-refractivity contribution is 5.96. The molecule has 0 aliphatic heterocycles. The maximum Gasteiger partial charge on any atom is 0.251 e. The van der Waals surface area contributed by atoms with E-state index < -0.39 is 0 Å². The smallest absolute Gasteiger partial charge is 0.251 e. The summed E-state index contributed by atoms with van der Waals surface area (Å²) in [4.78, 5) is 27.6. The number of carbonyl (C=O) groups is 2. The Labute approximate surface area is 123 Å². The number of carbonyl (C=O) groups excluding carboxylic acids is 2. The number of rotatable bonds is 5. The molecule has 0 aliphatic rings. The quantitative estimate of drug-likeness (QED) is 0.852. The molecule has 0 bridgehead atoms. The van der Waals surface area contributed by atoms with E-state index in [1.165, 1.54) is 0 Å². The summed E-state index contributed by atoms with van der Waals surface area (Å²) in [6.07, 6.45) is 3.49. The first-order valence-corrected chi connectivity index (χ1v) is 6.63. The molecule has 0 aliphatic carbocycles. The van der Waals surface area contributed by atoms with Crippen LogP contribution in [0, 0.1) is 6.92 Å². The highest BCUT2D eigenvalue weighted by Gasteiger charge is 2.08. The molecule has 21 heavy (non-hydrogen) atoms. The average Bonchev–Trinajstić information content (AvgIpc) is 2.89. The lowest BCUT2D eigenvalue weighted by molar-refractivity contribution is -0.120. The van der Waals surface area contributed by atoms with Crippen molar-refractivity contribution in [3.05, 3.63) is 53.6 Å². The minimum Gasteiger partial charge on any atom is -0.349 e. The van der Waals surface area contributed by atoms with E-state index in [0.29, 0.717) is 12.1 Å². The van der Waals surface area contributed by atoms with Crippen molar-refractivity contribution in [2.75, 3.05) is 6.54 Å². The number of nitrogens with one attached hydrogen (secondary N) is 2. The van der Waals surface area contributed by atoms with Crippen LogP contribution in [0.15, 0.2) is 36.8 Å². The molecule has 6 nitrogen and oxygen atoms in total. The van der Waals surface area contributed by atoms with Gasteiger partial charge in [0, 0.05) is 18.8 Å². The Bertz CT molecular complexity index is 631. The Morgan fingerprint density at radius 1 is 1.19 bits per heavy atom. The Morgan fingerprint density at radius 3 is 2.52 bits per heavy atom. The van der Waals surface area contributed by atoms with E-state index >= 15 is 0 Å². The number of nitrogens with zero attached hydrogens (tertiary/aromatic N) is 2. The summed E-state index contributed by atoms with van der Waals surface area (Å²) >= 11 is 0. The summed E-state index contributed by atoms with van der Waals surface area (Å²) in [7, 11) is 1.86. The van der Waals surface area contributed by atoms with Gasteiger partial charge in [-0.3, -0.25) is 9.59 Å². The Morgan fingerprint density at radius 2 is 1.90 bits per heavy atom. The lowest BCUT2D eigenvalue weighted by Crippen LogP contribution is -2.36. The first-order valence-electron chi connectivity index (χ1n) is 6.63. The molecule has 2 aromatic rings. The summed E-state index contributed by atoms with van der Waals surface area (Å²) in [6, 6.07) is 7.18. The van der Waals surface area contributed by atoms with E-state index in [9.17, 15) is 9.59 Å². The predicted molar refractivity (Wildman–Crippen MR) is 78.6 cm³/mol. The third-order valence-electron chi connectivity index (χ3n) is 2.95. The third kappa shape index (κ3) is 4.45. The van der Waals surface area contributed by atoms with Crippen LogP contribution in [0.4, 0.5) is 0 Å². The normalized spacial score (nSPS) is 10.2.